The maximum atomic E-state index is 12.7. The summed E-state index contributed by atoms with van der Waals surface area (Å²) in [5, 5.41) is 4.23. The average molecular weight is 448 g/mol. The van der Waals surface area contributed by atoms with Gasteiger partial charge in [0, 0.05) is 26.1 Å². The van der Waals surface area contributed by atoms with Crippen molar-refractivity contribution in [2.75, 3.05) is 25.7 Å². The van der Waals surface area contributed by atoms with Gasteiger partial charge in [0.25, 0.3) is 5.56 Å². The normalized spacial score (nSPS) is 13.6. The van der Waals surface area contributed by atoms with Crippen LogP contribution in [0, 0.1) is 0 Å². The SMILES string of the molecule is CCCOc1ccc(/C=N\Nc2nc3c(c(=O)[nH]2)CN(Cc2ccccc2)CC3)cc1OC. The Morgan fingerprint density at radius 1 is 1.21 bits per heavy atom. The topological polar surface area (TPSA) is 91.8 Å². The Bertz CT molecular complexity index is 1160. The number of benzene rings is 2. The molecule has 1 aliphatic heterocycles. The van der Waals surface area contributed by atoms with Gasteiger partial charge in [0.15, 0.2) is 11.5 Å². The minimum atomic E-state index is -0.130. The zero-order valence-electron chi connectivity index (χ0n) is 19.0. The monoisotopic (exact) mass is 447 g/mol. The number of nitrogens with one attached hydrogen (secondary N) is 2. The highest BCUT2D eigenvalue weighted by Crippen LogP contribution is 2.27. The van der Waals surface area contributed by atoms with Crippen molar-refractivity contribution in [2.24, 2.45) is 5.10 Å². The van der Waals surface area contributed by atoms with Crippen LogP contribution in [0.1, 0.15) is 35.7 Å². The van der Waals surface area contributed by atoms with Gasteiger partial charge in [-0.3, -0.25) is 14.7 Å². The van der Waals surface area contributed by atoms with Crippen LogP contribution in [0.5, 0.6) is 11.5 Å². The summed E-state index contributed by atoms with van der Waals surface area (Å²) in [6.45, 7) is 4.94. The summed E-state index contributed by atoms with van der Waals surface area (Å²) in [6.07, 6.45) is 3.29. The van der Waals surface area contributed by atoms with Crippen LogP contribution < -0.4 is 20.5 Å². The molecule has 0 bridgehead atoms. The van der Waals surface area contributed by atoms with Crippen LogP contribution in [0.4, 0.5) is 5.95 Å². The molecule has 8 nitrogen and oxygen atoms in total. The summed E-state index contributed by atoms with van der Waals surface area (Å²) in [6, 6.07) is 15.9. The van der Waals surface area contributed by atoms with Gasteiger partial charge in [-0.2, -0.15) is 5.10 Å². The van der Waals surface area contributed by atoms with Crippen molar-refractivity contribution >= 4 is 12.2 Å². The molecule has 0 saturated heterocycles. The fourth-order valence-corrected chi connectivity index (χ4v) is 3.77. The van der Waals surface area contributed by atoms with Crippen molar-refractivity contribution < 1.29 is 9.47 Å². The van der Waals surface area contributed by atoms with Crippen molar-refractivity contribution in [2.45, 2.75) is 32.9 Å². The second-order valence-electron chi connectivity index (χ2n) is 7.91. The van der Waals surface area contributed by atoms with Crippen molar-refractivity contribution in [1.29, 1.82) is 0 Å². The van der Waals surface area contributed by atoms with Crippen LogP contribution in [-0.4, -0.2) is 41.3 Å². The van der Waals surface area contributed by atoms with E-state index in [0.717, 1.165) is 42.8 Å². The highest BCUT2D eigenvalue weighted by Gasteiger charge is 2.21. The summed E-state index contributed by atoms with van der Waals surface area (Å²) in [5.41, 5.74) is 6.32. The molecule has 4 rings (SSSR count). The average Bonchev–Trinajstić information content (AvgIpc) is 2.84. The molecule has 0 saturated carbocycles. The molecule has 1 aliphatic rings. The predicted octanol–water partition coefficient (Wildman–Crippen LogP) is 3.57. The summed E-state index contributed by atoms with van der Waals surface area (Å²) in [4.78, 5) is 22.3. The van der Waals surface area contributed by atoms with E-state index < -0.39 is 0 Å². The molecule has 0 amide bonds. The Hall–Kier alpha value is -3.65. The number of H-pyrrole nitrogens is 1. The van der Waals surface area contributed by atoms with E-state index >= 15 is 0 Å². The smallest absolute Gasteiger partial charge is 0.257 e. The van der Waals surface area contributed by atoms with Gasteiger partial charge in [0.2, 0.25) is 5.95 Å². The first-order chi connectivity index (χ1) is 16.2. The summed E-state index contributed by atoms with van der Waals surface area (Å²) in [7, 11) is 1.61. The van der Waals surface area contributed by atoms with Crippen LogP contribution in [0.15, 0.2) is 58.4 Å². The molecule has 0 fully saturated rings. The van der Waals surface area contributed by atoms with Gasteiger partial charge in [-0.25, -0.2) is 10.4 Å². The van der Waals surface area contributed by atoms with E-state index in [1.54, 1.807) is 13.3 Å². The lowest BCUT2D eigenvalue weighted by atomic mass is 10.1. The largest absolute Gasteiger partial charge is 0.493 e. The van der Waals surface area contributed by atoms with Gasteiger partial charge in [-0.15, -0.1) is 0 Å². The van der Waals surface area contributed by atoms with Crippen LogP contribution >= 0.6 is 0 Å². The molecule has 0 radical (unpaired) electrons. The van der Waals surface area contributed by atoms with Crippen LogP contribution in [-0.2, 0) is 19.5 Å². The first-order valence-corrected chi connectivity index (χ1v) is 11.1. The van der Waals surface area contributed by atoms with E-state index in [1.807, 2.05) is 36.4 Å². The number of aromatic nitrogens is 2. The number of fused-ring (bicyclic) bond motifs is 1. The number of rotatable bonds is 9. The van der Waals surface area contributed by atoms with E-state index in [0.29, 0.717) is 30.6 Å². The first-order valence-electron chi connectivity index (χ1n) is 11.1. The van der Waals surface area contributed by atoms with Crippen LogP contribution in [0.3, 0.4) is 0 Å². The van der Waals surface area contributed by atoms with Crippen molar-refractivity contribution in [3.8, 4) is 11.5 Å². The minimum Gasteiger partial charge on any atom is -0.493 e. The number of hydrogen-bond donors (Lipinski definition) is 2. The third kappa shape index (κ3) is 5.78. The minimum absolute atomic E-state index is 0.130. The number of ether oxygens (including phenoxy) is 2. The quantitative estimate of drug-likeness (QED) is 0.385. The number of nitrogens with zero attached hydrogens (tertiary/aromatic N) is 3. The Balaban J connectivity index is 1.41. The molecule has 2 heterocycles. The number of methoxy groups -OCH3 is 1. The maximum absolute atomic E-state index is 12.7. The summed E-state index contributed by atoms with van der Waals surface area (Å²) < 4.78 is 11.1. The lowest BCUT2D eigenvalue weighted by Gasteiger charge is -2.27. The Morgan fingerprint density at radius 3 is 2.85 bits per heavy atom. The molecule has 2 aromatic carbocycles. The number of hydrazone groups is 1. The van der Waals surface area contributed by atoms with Crippen molar-refractivity contribution in [3.05, 3.63) is 81.3 Å². The number of anilines is 1. The third-order valence-corrected chi connectivity index (χ3v) is 5.43. The molecule has 0 atom stereocenters. The molecule has 2 N–H and O–H groups in total. The third-order valence-electron chi connectivity index (χ3n) is 5.43. The fourth-order valence-electron chi connectivity index (χ4n) is 3.77. The Labute approximate surface area is 193 Å². The van der Waals surface area contributed by atoms with Gasteiger partial charge < -0.3 is 9.47 Å². The van der Waals surface area contributed by atoms with Crippen LogP contribution in [0.25, 0.3) is 0 Å². The molecular formula is C25H29N5O3. The van der Waals surface area contributed by atoms with E-state index in [2.05, 4.69) is 44.5 Å². The lowest BCUT2D eigenvalue weighted by Crippen LogP contribution is -2.35. The molecule has 0 spiro atoms. The van der Waals surface area contributed by atoms with Crippen molar-refractivity contribution in [1.82, 2.24) is 14.9 Å². The van der Waals surface area contributed by atoms with E-state index in [9.17, 15) is 4.79 Å². The second kappa shape index (κ2) is 10.8. The van der Waals surface area contributed by atoms with Crippen LogP contribution in [0.2, 0.25) is 0 Å². The molecule has 3 aromatic rings. The fraction of sp³-hybridized carbons (Fsp3) is 0.320. The Kier molecular flexibility index (Phi) is 7.36. The predicted molar refractivity (Wildman–Crippen MR) is 129 cm³/mol. The van der Waals surface area contributed by atoms with Gasteiger partial charge in [0.05, 0.1) is 31.2 Å². The zero-order chi connectivity index (χ0) is 23.0. The molecule has 1 aromatic heterocycles. The van der Waals surface area contributed by atoms with E-state index in [-0.39, 0.29) is 5.56 Å². The number of aromatic amines is 1. The highest BCUT2D eigenvalue weighted by molar-refractivity contribution is 5.81. The van der Waals surface area contributed by atoms with Crippen molar-refractivity contribution in [3.63, 3.8) is 0 Å². The second-order valence-corrected chi connectivity index (χ2v) is 7.91. The van der Waals surface area contributed by atoms with E-state index in [1.165, 1.54) is 5.56 Å². The first kappa shape index (κ1) is 22.5. The Morgan fingerprint density at radius 2 is 2.06 bits per heavy atom. The summed E-state index contributed by atoms with van der Waals surface area (Å²) >= 11 is 0. The molecule has 8 heteroatoms. The molecular weight excluding hydrogens is 418 g/mol. The number of hydrogen-bond acceptors (Lipinski definition) is 7. The maximum Gasteiger partial charge on any atom is 0.257 e. The molecule has 33 heavy (non-hydrogen) atoms. The zero-order valence-corrected chi connectivity index (χ0v) is 19.0. The van der Waals surface area contributed by atoms with E-state index in [4.69, 9.17) is 9.47 Å². The van der Waals surface area contributed by atoms with Gasteiger partial charge >= 0.3 is 0 Å². The molecule has 0 aliphatic carbocycles. The van der Waals surface area contributed by atoms with Gasteiger partial charge in [-0.05, 0) is 35.7 Å². The molecule has 172 valence electrons. The molecule has 0 unspecified atom stereocenters. The van der Waals surface area contributed by atoms with Gasteiger partial charge in [0.1, 0.15) is 0 Å². The standard InChI is InChI=1S/C25H29N5O3/c1-3-13-33-22-10-9-19(14-23(22)32-2)15-26-29-25-27-21-11-12-30(17-20(21)24(31)28-25)16-18-7-5-4-6-8-18/h4-10,14-15H,3,11-13,16-17H2,1-2H3,(H2,27,28,29,31)/b26-15-. The highest BCUT2D eigenvalue weighted by atomic mass is 16.5. The lowest BCUT2D eigenvalue weighted by molar-refractivity contribution is 0.242. The summed E-state index contributed by atoms with van der Waals surface area (Å²) in [5.74, 6) is 1.68. The van der Waals surface area contributed by atoms with Gasteiger partial charge in [-0.1, -0.05) is 37.3 Å².